The molecule has 9 heteroatoms. The summed E-state index contributed by atoms with van der Waals surface area (Å²) >= 11 is 19.6. The van der Waals surface area contributed by atoms with Gasteiger partial charge in [0.2, 0.25) is 0 Å². The third kappa shape index (κ3) is 5.73. The summed E-state index contributed by atoms with van der Waals surface area (Å²) in [5.74, 6) is 0.0937. The molecule has 27 heavy (non-hydrogen) atoms. The van der Waals surface area contributed by atoms with E-state index in [1.807, 2.05) is 11.4 Å². The van der Waals surface area contributed by atoms with Gasteiger partial charge in [0.25, 0.3) is 5.91 Å². The quantitative estimate of drug-likeness (QED) is 0.641. The molecule has 1 atom stereocenters. The molecule has 1 saturated heterocycles. The van der Waals surface area contributed by atoms with Gasteiger partial charge in [0.15, 0.2) is 6.61 Å². The average Bonchev–Trinajstić information content (AvgIpc) is 3.19. The van der Waals surface area contributed by atoms with E-state index >= 15 is 0 Å². The number of hydrogen-bond acceptors (Lipinski definition) is 5. The summed E-state index contributed by atoms with van der Waals surface area (Å²) in [4.78, 5) is 15.8. The molecule has 1 aromatic heterocycles. The fourth-order valence-electron chi connectivity index (χ4n) is 2.80. The number of hydrogen-bond donors (Lipinski definition) is 1. The zero-order valence-corrected chi connectivity index (χ0v) is 17.5. The average molecular weight is 450 g/mol. The van der Waals surface area contributed by atoms with Crippen molar-refractivity contribution < 1.29 is 14.3 Å². The minimum Gasteiger partial charge on any atom is -0.482 e. The van der Waals surface area contributed by atoms with E-state index in [-0.39, 0.29) is 18.6 Å². The lowest BCUT2D eigenvalue weighted by Crippen LogP contribution is -2.44. The van der Waals surface area contributed by atoms with Gasteiger partial charge in [0, 0.05) is 30.6 Å². The second-order valence-corrected chi connectivity index (χ2v) is 8.17. The number of halogens is 3. The van der Waals surface area contributed by atoms with Crippen LogP contribution in [0.1, 0.15) is 10.9 Å². The van der Waals surface area contributed by atoms with Gasteiger partial charge in [-0.2, -0.15) is 0 Å². The van der Waals surface area contributed by atoms with Crippen LogP contribution < -0.4 is 10.1 Å². The number of ether oxygens (including phenoxy) is 2. The van der Waals surface area contributed by atoms with Crippen LogP contribution in [0.25, 0.3) is 0 Å². The van der Waals surface area contributed by atoms with Crippen LogP contribution in [0.3, 0.4) is 0 Å². The van der Waals surface area contributed by atoms with Crippen LogP contribution in [0, 0.1) is 0 Å². The van der Waals surface area contributed by atoms with E-state index in [0.29, 0.717) is 40.6 Å². The summed E-state index contributed by atoms with van der Waals surface area (Å²) in [7, 11) is 0. The van der Waals surface area contributed by atoms with Crippen LogP contribution in [0.4, 0.5) is 0 Å². The van der Waals surface area contributed by atoms with E-state index in [9.17, 15) is 4.79 Å². The number of carbonyl (C=O) groups excluding carboxylic acids is 1. The summed E-state index contributed by atoms with van der Waals surface area (Å²) in [6.45, 7) is 3.43. The van der Waals surface area contributed by atoms with Crippen LogP contribution in [0.15, 0.2) is 29.6 Å². The molecule has 1 unspecified atom stereocenters. The highest BCUT2D eigenvalue weighted by Gasteiger charge is 2.24. The first-order chi connectivity index (χ1) is 13.0. The number of morpholine rings is 1. The van der Waals surface area contributed by atoms with Crippen molar-refractivity contribution in [3.8, 4) is 5.75 Å². The highest BCUT2D eigenvalue weighted by molar-refractivity contribution is 7.10. The van der Waals surface area contributed by atoms with Crippen molar-refractivity contribution in [3.63, 3.8) is 0 Å². The summed E-state index contributed by atoms with van der Waals surface area (Å²) in [6, 6.07) is 7.21. The molecule has 146 valence electrons. The molecule has 5 nitrogen and oxygen atoms in total. The van der Waals surface area contributed by atoms with Crippen LogP contribution in [-0.4, -0.2) is 50.3 Å². The predicted octanol–water partition coefficient (Wildman–Crippen LogP) is 4.28. The van der Waals surface area contributed by atoms with Crippen LogP contribution >= 0.6 is 46.1 Å². The second-order valence-electron chi connectivity index (χ2n) is 5.97. The van der Waals surface area contributed by atoms with Crippen LogP contribution in [-0.2, 0) is 9.53 Å². The Labute approximate surface area is 177 Å². The van der Waals surface area contributed by atoms with E-state index < -0.39 is 0 Å². The number of carbonyl (C=O) groups is 1. The van der Waals surface area contributed by atoms with Crippen molar-refractivity contribution >= 4 is 52.0 Å². The van der Waals surface area contributed by atoms with Crippen molar-refractivity contribution in [2.24, 2.45) is 0 Å². The topological polar surface area (TPSA) is 50.8 Å². The molecule has 1 fully saturated rings. The number of nitrogens with one attached hydrogen (secondary N) is 1. The third-order valence-corrected chi connectivity index (χ3v) is 6.18. The molecule has 2 aromatic rings. The number of benzene rings is 1. The van der Waals surface area contributed by atoms with Gasteiger partial charge < -0.3 is 14.8 Å². The molecule has 0 spiro atoms. The van der Waals surface area contributed by atoms with Gasteiger partial charge in [-0.25, -0.2) is 0 Å². The number of nitrogens with zero attached hydrogens (tertiary/aromatic N) is 1. The van der Waals surface area contributed by atoms with Gasteiger partial charge in [-0.3, -0.25) is 9.69 Å². The molecule has 1 amide bonds. The molecule has 0 saturated carbocycles. The first kappa shape index (κ1) is 20.7. The maximum atomic E-state index is 12.3. The normalized spacial score (nSPS) is 16.1. The largest absolute Gasteiger partial charge is 0.482 e. The van der Waals surface area contributed by atoms with Crippen molar-refractivity contribution in [3.05, 3.63) is 49.6 Å². The summed E-state index contributed by atoms with van der Waals surface area (Å²) < 4.78 is 10.9. The first-order valence-electron chi connectivity index (χ1n) is 8.44. The summed E-state index contributed by atoms with van der Waals surface area (Å²) in [5, 5.41) is 5.95. The summed E-state index contributed by atoms with van der Waals surface area (Å²) in [6.07, 6.45) is 0. The summed E-state index contributed by atoms with van der Waals surface area (Å²) in [5.41, 5.74) is 0. The molecular weight excluding hydrogens is 431 g/mol. The number of amides is 1. The molecular formula is C18H19Cl3N2O3S. The Kier molecular flexibility index (Phi) is 7.64. The zero-order chi connectivity index (χ0) is 19.2. The SMILES string of the molecule is O=C(COc1cc(Cl)c(Cl)cc1Cl)NCC(c1cccs1)N1CCOCC1. The van der Waals surface area contributed by atoms with Gasteiger partial charge in [-0.05, 0) is 17.5 Å². The van der Waals surface area contributed by atoms with Crippen molar-refractivity contribution in [2.75, 3.05) is 39.5 Å². The number of thiophene rings is 1. The molecule has 2 heterocycles. The standard InChI is InChI=1S/C18H19Cl3N2O3S/c19-12-8-14(21)16(9-13(12)20)26-11-18(24)22-10-15(17-2-1-7-27-17)23-3-5-25-6-4-23/h1-2,7-9,15H,3-6,10-11H2,(H,22,24). The van der Waals surface area contributed by atoms with Crippen LogP contribution in [0.5, 0.6) is 5.75 Å². The zero-order valence-electron chi connectivity index (χ0n) is 14.4. The highest BCUT2D eigenvalue weighted by atomic mass is 35.5. The predicted molar refractivity (Wildman–Crippen MR) is 109 cm³/mol. The van der Waals surface area contributed by atoms with Gasteiger partial charge in [0.05, 0.1) is 34.3 Å². The fourth-order valence-corrected chi connectivity index (χ4v) is 4.25. The van der Waals surface area contributed by atoms with E-state index in [2.05, 4.69) is 16.3 Å². The third-order valence-electron chi connectivity index (χ3n) is 4.18. The Balaban J connectivity index is 1.55. The van der Waals surface area contributed by atoms with Gasteiger partial charge in [-0.1, -0.05) is 40.9 Å². The molecule has 3 rings (SSSR count). The lowest BCUT2D eigenvalue weighted by atomic mass is 10.2. The van der Waals surface area contributed by atoms with Gasteiger partial charge in [-0.15, -0.1) is 11.3 Å². The minimum absolute atomic E-state index is 0.117. The maximum absolute atomic E-state index is 12.3. The molecule has 1 aliphatic rings. The molecule has 0 bridgehead atoms. The maximum Gasteiger partial charge on any atom is 0.258 e. The van der Waals surface area contributed by atoms with Gasteiger partial charge >= 0.3 is 0 Å². The van der Waals surface area contributed by atoms with Crippen molar-refractivity contribution in [2.45, 2.75) is 6.04 Å². The monoisotopic (exact) mass is 448 g/mol. The lowest BCUT2D eigenvalue weighted by Gasteiger charge is -2.34. The fraction of sp³-hybridized carbons (Fsp3) is 0.389. The lowest BCUT2D eigenvalue weighted by molar-refractivity contribution is -0.123. The van der Waals surface area contributed by atoms with Crippen LogP contribution in [0.2, 0.25) is 15.1 Å². The van der Waals surface area contributed by atoms with Crippen molar-refractivity contribution in [1.82, 2.24) is 10.2 Å². The van der Waals surface area contributed by atoms with E-state index in [1.165, 1.54) is 17.0 Å². The molecule has 1 aromatic carbocycles. The molecule has 0 radical (unpaired) electrons. The first-order valence-corrected chi connectivity index (χ1v) is 10.4. The molecule has 0 aliphatic carbocycles. The van der Waals surface area contributed by atoms with E-state index in [1.54, 1.807) is 11.3 Å². The Hall–Kier alpha value is -1.02. The minimum atomic E-state index is -0.230. The number of rotatable bonds is 7. The molecule has 1 aliphatic heterocycles. The Morgan fingerprint density at radius 3 is 2.67 bits per heavy atom. The van der Waals surface area contributed by atoms with E-state index in [4.69, 9.17) is 44.3 Å². The molecule has 1 N–H and O–H groups in total. The highest BCUT2D eigenvalue weighted by Crippen LogP contribution is 2.33. The smallest absolute Gasteiger partial charge is 0.258 e. The Morgan fingerprint density at radius 2 is 1.96 bits per heavy atom. The van der Waals surface area contributed by atoms with Crippen molar-refractivity contribution in [1.29, 1.82) is 0 Å². The van der Waals surface area contributed by atoms with Gasteiger partial charge in [0.1, 0.15) is 5.75 Å². The Morgan fingerprint density at radius 1 is 1.22 bits per heavy atom. The Bertz CT molecular complexity index is 767. The van der Waals surface area contributed by atoms with E-state index in [0.717, 1.165) is 13.1 Å². The second kappa shape index (κ2) is 9.96.